The molecule has 2 rings (SSSR count). The molecule has 0 aromatic heterocycles. The SMILES string of the molecule is COc1ccccc1ONc1cccc(Cl)c1. The third kappa shape index (κ3) is 3.04. The van der Waals surface area contributed by atoms with Crippen LogP contribution in [-0.4, -0.2) is 7.11 Å². The maximum absolute atomic E-state index is 5.86. The van der Waals surface area contributed by atoms with Gasteiger partial charge in [-0.2, -0.15) is 0 Å². The minimum Gasteiger partial charge on any atom is -0.493 e. The van der Waals surface area contributed by atoms with E-state index in [1.807, 2.05) is 36.4 Å². The van der Waals surface area contributed by atoms with Gasteiger partial charge in [-0.05, 0) is 30.3 Å². The molecule has 0 saturated carbocycles. The Balaban J connectivity index is 2.07. The van der Waals surface area contributed by atoms with Crippen molar-refractivity contribution in [3.05, 3.63) is 53.6 Å². The first-order valence-corrected chi connectivity index (χ1v) is 5.49. The number of halogens is 1. The summed E-state index contributed by atoms with van der Waals surface area (Å²) < 4.78 is 5.17. The normalized spacial score (nSPS) is 9.76. The standard InChI is InChI=1S/C13H12ClNO2/c1-16-12-7-2-3-8-13(12)17-15-11-6-4-5-10(14)9-11/h2-9,15H,1H3. The summed E-state index contributed by atoms with van der Waals surface area (Å²) in [5, 5.41) is 0.652. The Morgan fingerprint density at radius 2 is 1.76 bits per heavy atom. The van der Waals surface area contributed by atoms with E-state index in [1.54, 1.807) is 19.2 Å². The van der Waals surface area contributed by atoms with Crippen LogP contribution in [0.15, 0.2) is 48.5 Å². The van der Waals surface area contributed by atoms with Crippen molar-refractivity contribution in [1.82, 2.24) is 0 Å². The van der Waals surface area contributed by atoms with E-state index < -0.39 is 0 Å². The molecule has 0 atom stereocenters. The number of rotatable bonds is 4. The minimum atomic E-state index is 0.620. The Bertz CT molecular complexity index is 502. The highest BCUT2D eigenvalue weighted by molar-refractivity contribution is 6.30. The fraction of sp³-hybridized carbons (Fsp3) is 0.0769. The van der Waals surface area contributed by atoms with E-state index in [2.05, 4.69) is 5.48 Å². The van der Waals surface area contributed by atoms with E-state index in [4.69, 9.17) is 21.2 Å². The van der Waals surface area contributed by atoms with E-state index in [0.29, 0.717) is 16.5 Å². The van der Waals surface area contributed by atoms with Crippen molar-refractivity contribution in [1.29, 1.82) is 0 Å². The van der Waals surface area contributed by atoms with Crippen LogP contribution in [0, 0.1) is 0 Å². The average Bonchev–Trinajstić information content (AvgIpc) is 2.37. The second-order valence-corrected chi connectivity index (χ2v) is 3.80. The lowest BCUT2D eigenvalue weighted by molar-refractivity contribution is 0.351. The van der Waals surface area contributed by atoms with Gasteiger partial charge in [-0.3, -0.25) is 0 Å². The Kier molecular flexibility index (Phi) is 3.73. The lowest BCUT2D eigenvalue weighted by Gasteiger charge is -2.11. The van der Waals surface area contributed by atoms with Crippen molar-refractivity contribution >= 4 is 17.3 Å². The lowest BCUT2D eigenvalue weighted by Crippen LogP contribution is -2.05. The number of hydrogen-bond acceptors (Lipinski definition) is 3. The maximum Gasteiger partial charge on any atom is 0.196 e. The Hall–Kier alpha value is -1.87. The van der Waals surface area contributed by atoms with E-state index in [-0.39, 0.29) is 0 Å². The summed E-state index contributed by atoms with van der Waals surface area (Å²) in [6.07, 6.45) is 0. The summed E-state index contributed by atoms with van der Waals surface area (Å²) in [6, 6.07) is 14.7. The van der Waals surface area contributed by atoms with E-state index in [0.717, 1.165) is 5.69 Å². The zero-order valence-corrected chi connectivity index (χ0v) is 10.1. The maximum atomic E-state index is 5.86. The number of hydrogen-bond donors (Lipinski definition) is 1. The topological polar surface area (TPSA) is 30.5 Å². The number of methoxy groups -OCH3 is 1. The molecule has 0 saturated heterocycles. The number of ether oxygens (including phenoxy) is 1. The molecular weight excluding hydrogens is 238 g/mol. The van der Waals surface area contributed by atoms with Crippen LogP contribution in [0.2, 0.25) is 5.02 Å². The summed E-state index contributed by atoms with van der Waals surface area (Å²) >= 11 is 5.86. The minimum absolute atomic E-state index is 0.620. The molecule has 0 fully saturated rings. The van der Waals surface area contributed by atoms with Crippen molar-refractivity contribution in [2.45, 2.75) is 0 Å². The second kappa shape index (κ2) is 5.46. The average molecular weight is 250 g/mol. The van der Waals surface area contributed by atoms with Crippen molar-refractivity contribution in [2.75, 3.05) is 12.6 Å². The largest absolute Gasteiger partial charge is 0.493 e. The molecular formula is C13H12ClNO2. The first-order chi connectivity index (χ1) is 8.29. The molecule has 3 nitrogen and oxygen atoms in total. The van der Waals surface area contributed by atoms with Crippen LogP contribution in [0.25, 0.3) is 0 Å². The summed E-state index contributed by atoms with van der Waals surface area (Å²) in [7, 11) is 1.60. The summed E-state index contributed by atoms with van der Waals surface area (Å²) in [5.41, 5.74) is 3.59. The lowest BCUT2D eigenvalue weighted by atomic mass is 10.3. The van der Waals surface area contributed by atoms with Gasteiger partial charge in [0.2, 0.25) is 0 Å². The Morgan fingerprint density at radius 1 is 1.00 bits per heavy atom. The first-order valence-electron chi connectivity index (χ1n) is 5.11. The highest BCUT2D eigenvalue weighted by atomic mass is 35.5. The summed E-state index contributed by atoms with van der Waals surface area (Å²) in [5.74, 6) is 1.29. The summed E-state index contributed by atoms with van der Waals surface area (Å²) in [4.78, 5) is 5.44. The molecule has 2 aromatic rings. The number of anilines is 1. The predicted octanol–water partition coefficient (Wildman–Crippen LogP) is 3.75. The van der Waals surface area contributed by atoms with Crippen molar-refractivity contribution in [3.8, 4) is 11.5 Å². The van der Waals surface area contributed by atoms with E-state index >= 15 is 0 Å². The Labute approximate surface area is 105 Å². The van der Waals surface area contributed by atoms with E-state index in [1.165, 1.54) is 0 Å². The molecule has 0 aliphatic heterocycles. The van der Waals surface area contributed by atoms with Gasteiger partial charge in [-0.25, -0.2) is 5.48 Å². The zero-order valence-electron chi connectivity index (χ0n) is 9.31. The fourth-order valence-corrected chi connectivity index (χ4v) is 1.56. The van der Waals surface area contributed by atoms with Gasteiger partial charge in [0.05, 0.1) is 12.8 Å². The molecule has 88 valence electrons. The molecule has 4 heteroatoms. The molecule has 0 spiro atoms. The molecule has 0 heterocycles. The van der Waals surface area contributed by atoms with Crippen LogP contribution in [0.5, 0.6) is 11.5 Å². The molecule has 0 amide bonds. The smallest absolute Gasteiger partial charge is 0.196 e. The molecule has 0 radical (unpaired) electrons. The van der Waals surface area contributed by atoms with Gasteiger partial charge in [0.1, 0.15) is 0 Å². The molecule has 2 aromatic carbocycles. The van der Waals surface area contributed by atoms with E-state index in [9.17, 15) is 0 Å². The number of para-hydroxylation sites is 2. The van der Waals surface area contributed by atoms with Crippen LogP contribution < -0.4 is 15.1 Å². The van der Waals surface area contributed by atoms with Crippen molar-refractivity contribution in [3.63, 3.8) is 0 Å². The van der Waals surface area contributed by atoms with Gasteiger partial charge >= 0.3 is 0 Å². The third-order valence-corrected chi connectivity index (χ3v) is 2.41. The van der Waals surface area contributed by atoms with Crippen molar-refractivity contribution < 1.29 is 9.57 Å². The Morgan fingerprint density at radius 3 is 2.47 bits per heavy atom. The molecule has 0 aliphatic carbocycles. The molecule has 1 N–H and O–H groups in total. The number of benzene rings is 2. The van der Waals surface area contributed by atoms with Crippen LogP contribution in [0.1, 0.15) is 0 Å². The van der Waals surface area contributed by atoms with Gasteiger partial charge in [0.15, 0.2) is 11.5 Å². The monoisotopic (exact) mass is 249 g/mol. The number of nitrogens with one attached hydrogen (secondary N) is 1. The molecule has 0 bridgehead atoms. The van der Waals surface area contributed by atoms with Gasteiger partial charge in [-0.1, -0.05) is 29.8 Å². The van der Waals surface area contributed by atoms with Crippen LogP contribution in [0.3, 0.4) is 0 Å². The highest BCUT2D eigenvalue weighted by Gasteiger charge is 2.02. The fourth-order valence-electron chi connectivity index (χ4n) is 1.37. The summed E-state index contributed by atoms with van der Waals surface area (Å²) in [6.45, 7) is 0. The van der Waals surface area contributed by atoms with Gasteiger partial charge in [0, 0.05) is 5.02 Å². The second-order valence-electron chi connectivity index (χ2n) is 3.37. The highest BCUT2D eigenvalue weighted by Crippen LogP contribution is 2.26. The predicted molar refractivity (Wildman–Crippen MR) is 68.7 cm³/mol. The van der Waals surface area contributed by atoms with Crippen LogP contribution >= 0.6 is 11.6 Å². The van der Waals surface area contributed by atoms with Gasteiger partial charge in [-0.15, -0.1) is 0 Å². The third-order valence-electron chi connectivity index (χ3n) is 2.17. The van der Waals surface area contributed by atoms with Crippen LogP contribution in [0.4, 0.5) is 5.69 Å². The van der Waals surface area contributed by atoms with Gasteiger partial charge < -0.3 is 9.57 Å². The van der Waals surface area contributed by atoms with Crippen LogP contribution in [-0.2, 0) is 0 Å². The van der Waals surface area contributed by atoms with Crippen molar-refractivity contribution in [2.24, 2.45) is 0 Å². The zero-order chi connectivity index (χ0) is 12.1. The first kappa shape index (κ1) is 11.6. The molecule has 0 unspecified atom stereocenters. The molecule has 17 heavy (non-hydrogen) atoms. The van der Waals surface area contributed by atoms with Gasteiger partial charge in [0.25, 0.3) is 0 Å². The molecule has 0 aliphatic rings. The quantitative estimate of drug-likeness (QED) is 0.837.